The fourth-order valence-corrected chi connectivity index (χ4v) is 2.67. The van der Waals surface area contributed by atoms with Gasteiger partial charge in [-0.3, -0.25) is 0 Å². The van der Waals surface area contributed by atoms with Crippen LogP contribution in [-0.2, 0) is 5.41 Å². The first-order valence-corrected chi connectivity index (χ1v) is 5.63. The smallest absolute Gasteiger partial charge is 0.123 e. The van der Waals surface area contributed by atoms with Gasteiger partial charge in [-0.05, 0) is 55.5 Å². The Bertz CT molecular complexity index is 333. The highest BCUT2D eigenvalue weighted by atomic mass is 19.1. The molecule has 0 saturated heterocycles. The Labute approximate surface area is 90.7 Å². The first-order chi connectivity index (χ1) is 7.23. The van der Waals surface area contributed by atoms with Crippen LogP contribution in [0.1, 0.15) is 25.3 Å². The van der Waals surface area contributed by atoms with Crippen LogP contribution in [0.2, 0.25) is 0 Å². The number of halogens is 1. The van der Waals surface area contributed by atoms with E-state index in [1.807, 2.05) is 19.2 Å². The Morgan fingerprint density at radius 2 is 2.07 bits per heavy atom. The molecule has 0 amide bonds. The predicted octanol–water partition coefficient (Wildman–Crippen LogP) is 2.71. The fraction of sp³-hybridized carbons (Fsp3) is 0.538. The molecule has 2 atom stereocenters. The van der Waals surface area contributed by atoms with Crippen LogP contribution in [0.15, 0.2) is 24.3 Å². The molecular weight excluding hydrogens is 189 g/mol. The molecule has 0 spiro atoms. The third-order valence-electron chi connectivity index (χ3n) is 3.73. The van der Waals surface area contributed by atoms with E-state index >= 15 is 0 Å². The molecule has 1 aliphatic rings. The van der Waals surface area contributed by atoms with Crippen LogP contribution >= 0.6 is 0 Å². The Kier molecular flexibility index (Phi) is 2.79. The van der Waals surface area contributed by atoms with Gasteiger partial charge in [0.05, 0.1) is 0 Å². The lowest BCUT2D eigenvalue weighted by atomic mass is 9.90. The van der Waals surface area contributed by atoms with Crippen molar-refractivity contribution in [1.82, 2.24) is 5.32 Å². The zero-order valence-corrected chi connectivity index (χ0v) is 9.39. The maximum atomic E-state index is 12.8. The SMILES string of the molecule is CCC1(c2ccc(F)cc2)CC1CNC. The van der Waals surface area contributed by atoms with E-state index in [1.54, 1.807) is 12.1 Å². The lowest BCUT2D eigenvalue weighted by molar-refractivity contribution is 0.558. The third kappa shape index (κ3) is 1.78. The summed E-state index contributed by atoms with van der Waals surface area (Å²) in [6, 6.07) is 7.02. The van der Waals surface area contributed by atoms with Gasteiger partial charge in [0, 0.05) is 0 Å². The van der Waals surface area contributed by atoms with Crippen LogP contribution in [0.5, 0.6) is 0 Å². The summed E-state index contributed by atoms with van der Waals surface area (Å²) in [5, 5.41) is 3.23. The van der Waals surface area contributed by atoms with Gasteiger partial charge in [-0.2, -0.15) is 0 Å². The molecule has 2 heteroatoms. The van der Waals surface area contributed by atoms with Gasteiger partial charge in [0.25, 0.3) is 0 Å². The lowest BCUT2D eigenvalue weighted by Crippen LogP contribution is -2.17. The van der Waals surface area contributed by atoms with Crippen molar-refractivity contribution in [2.24, 2.45) is 5.92 Å². The maximum Gasteiger partial charge on any atom is 0.123 e. The summed E-state index contributed by atoms with van der Waals surface area (Å²) in [7, 11) is 1.99. The van der Waals surface area contributed by atoms with E-state index in [4.69, 9.17) is 0 Å². The van der Waals surface area contributed by atoms with Crippen LogP contribution in [0.4, 0.5) is 4.39 Å². The van der Waals surface area contributed by atoms with E-state index in [0.717, 1.165) is 18.9 Å². The quantitative estimate of drug-likeness (QED) is 0.800. The zero-order chi connectivity index (χ0) is 10.9. The standard InChI is InChI=1S/C13H18FN/c1-3-13(8-11(13)9-15-2)10-4-6-12(14)7-5-10/h4-7,11,15H,3,8-9H2,1-2H3. The molecule has 1 saturated carbocycles. The average Bonchev–Trinajstić information content (AvgIpc) is 2.95. The Balaban J connectivity index is 2.18. The predicted molar refractivity (Wildman–Crippen MR) is 60.4 cm³/mol. The number of hydrogen-bond acceptors (Lipinski definition) is 1. The second-order valence-electron chi connectivity index (χ2n) is 4.48. The molecule has 1 N–H and O–H groups in total. The monoisotopic (exact) mass is 207 g/mol. The average molecular weight is 207 g/mol. The summed E-state index contributed by atoms with van der Waals surface area (Å²) in [4.78, 5) is 0. The van der Waals surface area contributed by atoms with E-state index in [2.05, 4.69) is 12.2 Å². The van der Waals surface area contributed by atoms with Gasteiger partial charge < -0.3 is 5.32 Å². The van der Waals surface area contributed by atoms with Crippen LogP contribution < -0.4 is 5.32 Å². The van der Waals surface area contributed by atoms with Gasteiger partial charge in [0.2, 0.25) is 0 Å². The van der Waals surface area contributed by atoms with Gasteiger partial charge in [0.1, 0.15) is 5.82 Å². The fourth-order valence-electron chi connectivity index (χ4n) is 2.67. The van der Waals surface area contributed by atoms with Crippen molar-refractivity contribution >= 4 is 0 Å². The molecule has 0 aliphatic heterocycles. The number of benzene rings is 1. The number of rotatable bonds is 4. The minimum absolute atomic E-state index is 0.143. The van der Waals surface area contributed by atoms with Crippen LogP contribution in [0, 0.1) is 11.7 Å². The molecule has 2 rings (SSSR count). The van der Waals surface area contributed by atoms with Crippen LogP contribution in [-0.4, -0.2) is 13.6 Å². The van der Waals surface area contributed by atoms with E-state index in [9.17, 15) is 4.39 Å². The first kappa shape index (κ1) is 10.6. The second kappa shape index (κ2) is 3.93. The highest BCUT2D eigenvalue weighted by molar-refractivity contribution is 5.33. The molecule has 2 unspecified atom stereocenters. The molecule has 15 heavy (non-hydrogen) atoms. The Morgan fingerprint density at radius 1 is 1.40 bits per heavy atom. The minimum Gasteiger partial charge on any atom is -0.319 e. The second-order valence-corrected chi connectivity index (χ2v) is 4.48. The van der Waals surface area contributed by atoms with Crippen molar-refractivity contribution in [1.29, 1.82) is 0 Å². The van der Waals surface area contributed by atoms with Crippen molar-refractivity contribution in [3.8, 4) is 0 Å². The zero-order valence-electron chi connectivity index (χ0n) is 9.39. The lowest BCUT2D eigenvalue weighted by Gasteiger charge is -2.15. The van der Waals surface area contributed by atoms with Crippen molar-refractivity contribution in [3.63, 3.8) is 0 Å². The molecule has 1 nitrogen and oxygen atoms in total. The van der Waals surface area contributed by atoms with E-state index in [-0.39, 0.29) is 5.82 Å². The van der Waals surface area contributed by atoms with Crippen LogP contribution in [0.3, 0.4) is 0 Å². The van der Waals surface area contributed by atoms with Crippen molar-refractivity contribution in [3.05, 3.63) is 35.6 Å². The molecule has 1 aromatic carbocycles. The maximum absolute atomic E-state index is 12.8. The van der Waals surface area contributed by atoms with Gasteiger partial charge in [0.15, 0.2) is 0 Å². The number of nitrogens with one attached hydrogen (secondary N) is 1. The molecule has 0 aromatic heterocycles. The largest absolute Gasteiger partial charge is 0.319 e. The minimum atomic E-state index is -0.143. The van der Waals surface area contributed by atoms with Gasteiger partial charge in [-0.25, -0.2) is 4.39 Å². The van der Waals surface area contributed by atoms with Gasteiger partial charge in [-0.1, -0.05) is 19.1 Å². The molecule has 82 valence electrons. The van der Waals surface area contributed by atoms with Gasteiger partial charge >= 0.3 is 0 Å². The van der Waals surface area contributed by atoms with E-state index in [1.165, 1.54) is 12.0 Å². The van der Waals surface area contributed by atoms with Gasteiger partial charge in [-0.15, -0.1) is 0 Å². The molecule has 1 fully saturated rings. The molecule has 0 radical (unpaired) electrons. The summed E-state index contributed by atoms with van der Waals surface area (Å²) < 4.78 is 12.8. The molecule has 0 bridgehead atoms. The molecular formula is C13H18FN. The van der Waals surface area contributed by atoms with Crippen molar-refractivity contribution in [2.75, 3.05) is 13.6 Å². The highest BCUT2D eigenvalue weighted by Gasteiger charge is 2.52. The molecule has 1 aromatic rings. The normalized spacial score (nSPS) is 29.1. The van der Waals surface area contributed by atoms with E-state index in [0.29, 0.717) is 5.41 Å². The topological polar surface area (TPSA) is 12.0 Å². The first-order valence-electron chi connectivity index (χ1n) is 5.63. The highest BCUT2D eigenvalue weighted by Crippen LogP contribution is 2.56. The van der Waals surface area contributed by atoms with Crippen LogP contribution in [0.25, 0.3) is 0 Å². The molecule has 0 heterocycles. The van der Waals surface area contributed by atoms with E-state index < -0.39 is 0 Å². The Hall–Kier alpha value is -0.890. The Morgan fingerprint density at radius 3 is 2.60 bits per heavy atom. The number of hydrogen-bond donors (Lipinski definition) is 1. The summed E-state index contributed by atoms with van der Waals surface area (Å²) >= 11 is 0. The summed E-state index contributed by atoms with van der Waals surface area (Å²) in [6.45, 7) is 3.28. The van der Waals surface area contributed by atoms with Crippen molar-refractivity contribution < 1.29 is 4.39 Å². The summed E-state index contributed by atoms with van der Waals surface area (Å²) in [6.07, 6.45) is 2.38. The summed E-state index contributed by atoms with van der Waals surface area (Å²) in [5.74, 6) is 0.578. The third-order valence-corrected chi connectivity index (χ3v) is 3.73. The van der Waals surface area contributed by atoms with Crippen molar-refractivity contribution in [2.45, 2.75) is 25.2 Å². The molecule has 1 aliphatic carbocycles. The summed E-state index contributed by atoms with van der Waals surface area (Å²) in [5.41, 5.74) is 1.61.